The molecule has 0 aliphatic heterocycles. The molecule has 0 bridgehead atoms. The molecule has 1 aromatic rings. The first-order chi connectivity index (χ1) is 9.11. The van der Waals surface area contributed by atoms with Gasteiger partial charge in [0.2, 0.25) is 0 Å². The van der Waals surface area contributed by atoms with Crippen LogP contribution < -0.4 is 5.73 Å². The molecule has 0 aromatic heterocycles. The van der Waals surface area contributed by atoms with Crippen LogP contribution in [0.3, 0.4) is 0 Å². The minimum atomic E-state index is -0.166. The van der Waals surface area contributed by atoms with Crippen LogP contribution in [0, 0.1) is 5.82 Å². The molecule has 0 atom stereocenters. The van der Waals surface area contributed by atoms with Gasteiger partial charge in [-0.15, -0.1) is 0 Å². The Hall–Kier alpha value is -0.930. The quantitative estimate of drug-likeness (QED) is 0.779. The van der Waals surface area contributed by atoms with Crippen molar-refractivity contribution in [2.75, 3.05) is 13.1 Å². The number of rotatable bonds is 8. The predicted molar refractivity (Wildman–Crippen MR) is 79.5 cm³/mol. The topological polar surface area (TPSA) is 29.3 Å². The number of hydrogen-bond acceptors (Lipinski definition) is 2. The fourth-order valence-electron chi connectivity index (χ4n) is 2.72. The van der Waals surface area contributed by atoms with Crippen molar-refractivity contribution < 1.29 is 4.39 Å². The molecular weight excluding hydrogens is 239 g/mol. The standard InChI is InChI=1S/C16H27FN2/c1-4-10-19(16(5-2,6-3)13-18)12-14-8-7-9-15(17)11-14/h7-9,11H,4-6,10,12-13,18H2,1-3H3. The Bertz CT molecular complexity index is 367. The highest BCUT2D eigenvalue weighted by molar-refractivity contribution is 5.16. The molecule has 0 aliphatic carbocycles. The van der Waals surface area contributed by atoms with E-state index in [2.05, 4.69) is 25.7 Å². The van der Waals surface area contributed by atoms with E-state index in [-0.39, 0.29) is 11.4 Å². The fourth-order valence-corrected chi connectivity index (χ4v) is 2.72. The van der Waals surface area contributed by atoms with Crippen molar-refractivity contribution in [2.24, 2.45) is 5.73 Å². The lowest BCUT2D eigenvalue weighted by atomic mass is 9.89. The van der Waals surface area contributed by atoms with Crippen LogP contribution in [0.5, 0.6) is 0 Å². The SMILES string of the molecule is CCCN(Cc1cccc(F)c1)C(CC)(CC)CN. The van der Waals surface area contributed by atoms with Crippen molar-refractivity contribution >= 4 is 0 Å². The molecule has 0 saturated carbocycles. The first kappa shape index (κ1) is 16.1. The van der Waals surface area contributed by atoms with Gasteiger partial charge in [-0.05, 0) is 43.5 Å². The minimum Gasteiger partial charge on any atom is -0.329 e. The van der Waals surface area contributed by atoms with E-state index >= 15 is 0 Å². The highest BCUT2D eigenvalue weighted by Gasteiger charge is 2.31. The predicted octanol–water partition coefficient (Wildman–Crippen LogP) is 3.56. The van der Waals surface area contributed by atoms with Gasteiger partial charge in [0.15, 0.2) is 0 Å². The van der Waals surface area contributed by atoms with E-state index in [1.807, 2.05) is 6.07 Å². The average Bonchev–Trinajstić information content (AvgIpc) is 2.41. The summed E-state index contributed by atoms with van der Waals surface area (Å²) in [6.45, 7) is 8.95. The Balaban J connectivity index is 2.93. The largest absolute Gasteiger partial charge is 0.329 e. The Morgan fingerprint density at radius 1 is 1.21 bits per heavy atom. The molecule has 0 heterocycles. The van der Waals surface area contributed by atoms with Gasteiger partial charge in [-0.25, -0.2) is 4.39 Å². The molecule has 0 fully saturated rings. The summed E-state index contributed by atoms with van der Waals surface area (Å²) in [4.78, 5) is 2.42. The molecule has 0 spiro atoms. The maximum atomic E-state index is 13.3. The summed E-state index contributed by atoms with van der Waals surface area (Å²) in [5.74, 6) is -0.166. The van der Waals surface area contributed by atoms with Crippen LogP contribution >= 0.6 is 0 Å². The number of nitrogens with two attached hydrogens (primary N) is 1. The zero-order valence-corrected chi connectivity index (χ0v) is 12.5. The second kappa shape index (κ2) is 7.61. The van der Waals surface area contributed by atoms with Gasteiger partial charge in [0.1, 0.15) is 5.82 Å². The first-order valence-electron chi connectivity index (χ1n) is 7.31. The number of nitrogens with zero attached hydrogens (tertiary/aromatic N) is 1. The van der Waals surface area contributed by atoms with Crippen LogP contribution in [0.1, 0.15) is 45.6 Å². The number of benzene rings is 1. The van der Waals surface area contributed by atoms with Gasteiger partial charge in [-0.2, -0.15) is 0 Å². The Kier molecular flexibility index (Phi) is 6.46. The van der Waals surface area contributed by atoms with Crippen molar-refractivity contribution in [1.29, 1.82) is 0 Å². The summed E-state index contributed by atoms with van der Waals surface area (Å²) in [6, 6.07) is 6.87. The minimum absolute atomic E-state index is 0.0301. The van der Waals surface area contributed by atoms with E-state index < -0.39 is 0 Å². The second-order valence-electron chi connectivity index (χ2n) is 5.19. The third-order valence-corrected chi connectivity index (χ3v) is 4.12. The third-order valence-electron chi connectivity index (χ3n) is 4.12. The van der Waals surface area contributed by atoms with E-state index in [4.69, 9.17) is 5.73 Å². The van der Waals surface area contributed by atoms with Gasteiger partial charge < -0.3 is 5.73 Å². The van der Waals surface area contributed by atoms with E-state index in [1.54, 1.807) is 12.1 Å². The van der Waals surface area contributed by atoms with Crippen LogP contribution in [0.2, 0.25) is 0 Å². The van der Waals surface area contributed by atoms with Gasteiger partial charge in [-0.3, -0.25) is 4.90 Å². The van der Waals surface area contributed by atoms with Crippen molar-refractivity contribution in [1.82, 2.24) is 4.90 Å². The number of hydrogen-bond donors (Lipinski definition) is 1. The van der Waals surface area contributed by atoms with Crippen LogP contribution in [0.25, 0.3) is 0 Å². The zero-order valence-electron chi connectivity index (χ0n) is 12.5. The van der Waals surface area contributed by atoms with Crippen molar-refractivity contribution in [3.63, 3.8) is 0 Å². The van der Waals surface area contributed by atoms with Crippen molar-refractivity contribution in [3.8, 4) is 0 Å². The molecule has 19 heavy (non-hydrogen) atoms. The monoisotopic (exact) mass is 266 g/mol. The highest BCUT2D eigenvalue weighted by Crippen LogP contribution is 2.25. The molecule has 0 unspecified atom stereocenters. The fraction of sp³-hybridized carbons (Fsp3) is 0.625. The molecule has 0 saturated heterocycles. The summed E-state index contributed by atoms with van der Waals surface area (Å²) in [7, 11) is 0. The normalized spacial score (nSPS) is 12.1. The van der Waals surface area contributed by atoms with Gasteiger partial charge >= 0.3 is 0 Å². The van der Waals surface area contributed by atoms with Gasteiger partial charge in [0, 0.05) is 18.6 Å². The molecule has 108 valence electrons. The molecule has 1 rings (SSSR count). The third kappa shape index (κ3) is 4.02. The smallest absolute Gasteiger partial charge is 0.123 e. The maximum Gasteiger partial charge on any atom is 0.123 e. The average molecular weight is 266 g/mol. The van der Waals surface area contributed by atoms with E-state index in [9.17, 15) is 4.39 Å². The van der Waals surface area contributed by atoms with Crippen LogP contribution in [0.4, 0.5) is 4.39 Å². The summed E-state index contributed by atoms with van der Waals surface area (Å²) in [5.41, 5.74) is 7.08. The highest BCUT2D eigenvalue weighted by atomic mass is 19.1. The van der Waals surface area contributed by atoms with Crippen LogP contribution in [-0.4, -0.2) is 23.5 Å². The Labute approximate surface area is 116 Å². The molecule has 3 heteroatoms. The summed E-state index contributed by atoms with van der Waals surface area (Å²) < 4.78 is 13.3. The number of halogens is 1. The van der Waals surface area contributed by atoms with E-state index in [0.717, 1.165) is 37.9 Å². The summed E-state index contributed by atoms with van der Waals surface area (Å²) in [6.07, 6.45) is 3.13. The zero-order chi connectivity index (χ0) is 14.3. The van der Waals surface area contributed by atoms with Gasteiger partial charge in [-0.1, -0.05) is 32.9 Å². The molecule has 1 aromatic carbocycles. The molecular formula is C16H27FN2. The lowest BCUT2D eigenvalue weighted by Crippen LogP contribution is -2.53. The van der Waals surface area contributed by atoms with E-state index in [0.29, 0.717) is 6.54 Å². The first-order valence-corrected chi connectivity index (χ1v) is 7.31. The molecule has 0 aliphatic rings. The van der Waals surface area contributed by atoms with Gasteiger partial charge in [0.25, 0.3) is 0 Å². The summed E-state index contributed by atoms with van der Waals surface area (Å²) in [5, 5.41) is 0. The van der Waals surface area contributed by atoms with E-state index in [1.165, 1.54) is 6.07 Å². The van der Waals surface area contributed by atoms with Crippen molar-refractivity contribution in [2.45, 2.75) is 52.1 Å². The molecule has 2 nitrogen and oxygen atoms in total. The van der Waals surface area contributed by atoms with Crippen LogP contribution in [0.15, 0.2) is 24.3 Å². The Morgan fingerprint density at radius 3 is 2.37 bits per heavy atom. The lowest BCUT2D eigenvalue weighted by molar-refractivity contribution is 0.0765. The van der Waals surface area contributed by atoms with Crippen molar-refractivity contribution in [3.05, 3.63) is 35.6 Å². The second-order valence-corrected chi connectivity index (χ2v) is 5.19. The summed E-state index contributed by atoms with van der Waals surface area (Å²) >= 11 is 0. The lowest BCUT2D eigenvalue weighted by Gasteiger charge is -2.42. The van der Waals surface area contributed by atoms with Gasteiger partial charge in [0.05, 0.1) is 0 Å². The Morgan fingerprint density at radius 2 is 1.89 bits per heavy atom. The molecule has 0 amide bonds. The van der Waals surface area contributed by atoms with Crippen LogP contribution in [-0.2, 0) is 6.54 Å². The maximum absolute atomic E-state index is 13.3. The molecule has 0 radical (unpaired) electrons. The molecule has 2 N–H and O–H groups in total.